The maximum atomic E-state index is 12.2. The van der Waals surface area contributed by atoms with E-state index in [2.05, 4.69) is 4.90 Å². The van der Waals surface area contributed by atoms with Gasteiger partial charge in [0.2, 0.25) is 5.91 Å². The van der Waals surface area contributed by atoms with Crippen molar-refractivity contribution in [1.82, 2.24) is 4.90 Å². The van der Waals surface area contributed by atoms with Crippen LogP contribution < -0.4 is 4.90 Å². The molecule has 0 atom stereocenters. The van der Waals surface area contributed by atoms with Crippen LogP contribution in [-0.4, -0.2) is 37.5 Å². The van der Waals surface area contributed by atoms with Crippen LogP contribution >= 0.6 is 0 Å². The van der Waals surface area contributed by atoms with Crippen LogP contribution in [0, 0.1) is 0 Å². The lowest BCUT2D eigenvalue weighted by Crippen LogP contribution is -2.32. The van der Waals surface area contributed by atoms with E-state index >= 15 is 0 Å². The second kappa shape index (κ2) is 9.26. The summed E-state index contributed by atoms with van der Waals surface area (Å²) in [7, 11) is 2.05. The lowest BCUT2D eigenvalue weighted by Gasteiger charge is -2.20. The summed E-state index contributed by atoms with van der Waals surface area (Å²) in [6.45, 7) is 10.4. The van der Waals surface area contributed by atoms with Crippen molar-refractivity contribution in [2.45, 2.75) is 34.1 Å². The standard InChI is InChI=1S/C14H16N2O2.2C2H6/c1-15-7-5-13(17)16(9-8-15)12-4-2-3-11-6-10-18-14(11)12;2*1-2/h2-4,6,10H,5,7-9H2,1H3;2*1-2H3. The lowest BCUT2D eigenvalue weighted by molar-refractivity contribution is -0.118. The van der Waals surface area contributed by atoms with Crippen molar-refractivity contribution < 1.29 is 9.21 Å². The van der Waals surface area contributed by atoms with E-state index in [1.807, 2.05) is 63.9 Å². The number of rotatable bonds is 1. The highest BCUT2D eigenvalue weighted by Crippen LogP contribution is 2.28. The molecule has 122 valence electrons. The highest BCUT2D eigenvalue weighted by molar-refractivity contribution is 6.01. The Kier molecular flexibility index (Phi) is 7.67. The largest absolute Gasteiger partial charge is 0.462 e. The van der Waals surface area contributed by atoms with E-state index in [4.69, 9.17) is 4.42 Å². The van der Waals surface area contributed by atoms with Crippen molar-refractivity contribution in [2.24, 2.45) is 0 Å². The molecule has 0 aliphatic carbocycles. The SMILES string of the molecule is CC.CC.CN1CCC(=O)N(c2cccc3ccoc23)CC1. The third kappa shape index (κ3) is 4.10. The Balaban J connectivity index is 0.000000561. The van der Waals surface area contributed by atoms with Crippen LogP contribution in [0.4, 0.5) is 5.69 Å². The number of para-hydroxylation sites is 1. The number of furan rings is 1. The second-order valence-electron chi connectivity index (χ2n) is 4.71. The molecule has 1 fully saturated rings. The molecule has 1 aliphatic heterocycles. The third-order valence-electron chi connectivity index (χ3n) is 3.46. The van der Waals surface area contributed by atoms with Gasteiger partial charge >= 0.3 is 0 Å². The molecule has 0 N–H and O–H groups in total. The maximum Gasteiger partial charge on any atom is 0.228 e. The minimum absolute atomic E-state index is 0.170. The predicted molar refractivity (Wildman–Crippen MR) is 93.4 cm³/mol. The number of fused-ring (bicyclic) bond motifs is 1. The first-order chi connectivity index (χ1) is 10.8. The number of nitrogens with zero attached hydrogens (tertiary/aromatic N) is 2. The fourth-order valence-corrected chi connectivity index (χ4v) is 2.37. The Labute approximate surface area is 133 Å². The highest BCUT2D eigenvalue weighted by Gasteiger charge is 2.22. The lowest BCUT2D eigenvalue weighted by atomic mass is 10.2. The molecule has 0 radical (unpaired) electrons. The number of likely N-dealkylation sites (N-methyl/N-ethyl adjacent to an activating group) is 1. The van der Waals surface area contributed by atoms with Crippen LogP contribution in [0.15, 0.2) is 34.9 Å². The van der Waals surface area contributed by atoms with Gasteiger partial charge in [-0.1, -0.05) is 39.8 Å². The molecule has 0 saturated carbocycles. The highest BCUT2D eigenvalue weighted by atomic mass is 16.3. The zero-order chi connectivity index (χ0) is 16.5. The second-order valence-corrected chi connectivity index (χ2v) is 4.71. The van der Waals surface area contributed by atoms with Crippen LogP contribution in [0.5, 0.6) is 0 Å². The summed E-state index contributed by atoms with van der Waals surface area (Å²) in [6, 6.07) is 7.84. The normalized spacial score (nSPS) is 15.5. The molecule has 1 saturated heterocycles. The van der Waals surface area contributed by atoms with Gasteiger partial charge in [0.15, 0.2) is 5.58 Å². The van der Waals surface area contributed by atoms with Crippen molar-refractivity contribution >= 4 is 22.6 Å². The average molecular weight is 304 g/mol. The summed E-state index contributed by atoms with van der Waals surface area (Å²) in [5.41, 5.74) is 1.69. The molecule has 1 aromatic heterocycles. The third-order valence-corrected chi connectivity index (χ3v) is 3.46. The summed E-state index contributed by atoms with van der Waals surface area (Å²) >= 11 is 0. The number of hydrogen-bond acceptors (Lipinski definition) is 3. The summed E-state index contributed by atoms with van der Waals surface area (Å²) in [6.07, 6.45) is 2.23. The Hall–Kier alpha value is -1.81. The first kappa shape index (κ1) is 18.2. The number of amides is 1. The molecule has 4 nitrogen and oxygen atoms in total. The molecule has 0 spiro atoms. The summed E-state index contributed by atoms with van der Waals surface area (Å²) in [4.78, 5) is 16.2. The fourth-order valence-electron chi connectivity index (χ4n) is 2.37. The predicted octanol–water partition coefficient (Wildman–Crippen LogP) is 4.15. The molecule has 2 aromatic rings. The van der Waals surface area contributed by atoms with Crippen LogP contribution in [0.1, 0.15) is 34.1 Å². The van der Waals surface area contributed by atoms with Crippen molar-refractivity contribution in [3.8, 4) is 0 Å². The monoisotopic (exact) mass is 304 g/mol. The quantitative estimate of drug-likeness (QED) is 0.794. The molecule has 1 aliphatic rings. The van der Waals surface area contributed by atoms with E-state index < -0.39 is 0 Å². The number of anilines is 1. The van der Waals surface area contributed by atoms with Gasteiger partial charge < -0.3 is 14.2 Å². The maximum absolute atomic E-state index is 12.2. The van der Waals surface area contributed by atoms with Gasteiger partial charge in [0.25, 0.3) is 0 Å². The van der Waals surface area contributed by atoms with E-state index in [-0.39, 0.29) is 5.91 Å². The van der Waals surface area contributed by atoms with E-state index in [9.17, 15) is 4.79 Å². The number of carbonyl (C=O) groups excluding carboxylic acids is 1. The molecule has 0 unspecified atom stereocenters. The number of benzene rings is 1. The average Bonchev–Trinajstić information content (AvgIpc) is 2.99. The zero-order valence-corrected chi connectivity index (χ0v) is 14.4. The van der Waals surface area contributed by atoms with Crippen LogP contribution in [0.3, 0.4) is 0 Å². The first-order valence-corrected chi connectivity index (χ1v) is 8.21. The molecular formula is C18H28N2O2. The molecule has 1 amide bonds. The Morgan fingerprint density at radius 3 is 2.45 bits per heavy atom. The number of hydrogen-bond donors (Lipinski definition) is 0. The van der Waals surface area contributed by atoms with Gasteiger partial charge in [-0.05, 0) is 19.2 Å². The number of carbonyl (C=O) groups is 1. The van der Waals surface area contributed by atoms with E-state index in [0.29, 0.717) is 6.42 Å². The zero-order valence-electron chi connectivity index (χ0n) is 14.4. The molecule has 3 rings (SSSR count). The van der Waals surface area contributed by atoms with Gasteiger partial charge in [0.1, 0.15) is 0 Å². The molecule has 0 bridgehead atoms. The minimum Gasteiger partial charge on any atom is -0.462 e. The molecule has 22 heavy (non-hydrogen) atoms. The van der Waals surface area contributed by atoms with Crippen LogP contribution in [-0.2, 0) is 4.79 Å². The van der Waals surface area contributed by atoms with Gasteiger partial charge in [0, 0.05) is 31.4 Å². The van der Waals surface area contributed by atoms with Crippen molar-refractivity contribution in [3.63, 3.8) is 0 Å². The molecule has 2 heterocycles. The van der Waals surface area contributed by atoms with Gasteiger partial charge in [-0.25, -0.2) is 0 Å². The summed E-state index contributed by atoms with van der Waals surface area (Å²) in [5, 5.41) is 1.04. The topological polar surface area (TPSA) is 36.7 Å². The van der Waals surface area contributed by atoms with Gasteiger partial charge in [-0.3, -0.25) is 4.79 Å². The van der Waals surface area contributed by atoms with Crippen LogP contribution in [0.25, 0.3) is 11.0 Å². The van der Waals surface area contributed by atoms with E-state index in [0.717, 1.165) is 36.3 Å². The van der Waals surface area contributed by atoms with Crippen molar-refractivity contribution in [3.05, 3.63) is 30.5 Å². The first-order valence-electron chi connectivity index (χ1n) is 8.21. The Bertz CT molecular complexity index is 577. The smallest absolute Gasteiger partial charge is 0.228 e. The molecule has 4 heteroatoms. The van der Waals surface area contributed by atoms with E-state index in [1.165, 1.54) is 0 Å². The van der Waals surface area contributed by atoms with E-state index in [1.54, 1.807) is 6.26 Å². The van der Waals surface area contributed by atoms with Gasteiger partial charge in [-0.15, -0.1) is 0 Å². The summed E-state index contributed by atoms with van der Waals surface area (Å²) < 4.78 is 5.51. The van der Waals surface area contributed by atoms with Gasteiger partial charge in [-0.2, -0.15) is 0 Å². The van der Waals surface area contributed by atoms with Crippen molar-refractivity contribution in [2.75, 3.05) is 31.6 Å². The summed E-state index contributed by atoms with van der Waals surface area (Å²) in [5.74, 6) is 0.170. The molecular weight excluding hydrogens is 276 g/mol. The Morgan fingerprint density at radius 1 is 1.00 bits per heavy atom. The van der Waals surface area contributed by atoms with Crippen LogP contribution in [0.2, 0.25) is 0 Å². The van der Waals surface area contributed by atoms with Crippen molar-refractivity contribution in [1.29, 1.82) is 0 Å². The molecule has 1 aromatic carbocycles. The van der Waals surface area contributed by atoms with Gasteiger partial charge in [0.05, 0.1) is 12.0 Å². The Morgan fingerprint density at radius 2 is 1.73 bits per heavy atom. The minimum atomic E-state index is 0.170. The fraction of sp³-hybridized carbons (Fsp3) is 0.500.